The van der Waals surface area contributed by atoms with Gasteiger partial charge in [0.2, 0.25) is 0 Å². The van der Waals surface area contributed by atoms with Crippen LogP contribution in [0, 0.1) is 0 Å². The maximum Gasteiger partial charge on any atom is 0.268 e. The second-order valence-electron chi connectivity index (χ2n) is 2.27. The number of hydrogen-bond acceptors (Lipinski definition) is 4. The molecule has 0 saturated heterocycles. The molecule has 0 aliphatic carbocycles. The molecule has 7 heteroatoms. The Balaban J connectivity index is 0. The lowest BCUT2D eigenvalue weighted by Gasteiger charge is -2.04. The number of hydrogen-bond donors (Lipinski definition) is 1. The summed E-state index contributed by atoms with van der Waals surface area (Å²) in [5, 5.41) is 2.44. The van der Waals surface area contributed by atoms with Gasteiger partial charge in [-0.3, -0.25) is 4.79 Å². The Morgan fingerprint density at radius 1 is 1.54 bits per heavy atom. The Bertz CT molecular complexity index is 277. The molecule has 13 heavy (non-hydrogen) atoms. The van der Waals surface area contributed by atoms with Crippen molar-refractivity contribution in [2.45, 2.75) is 0 Å². The van der Waals surface area contributed by atoms with Crippen LogP contribution >= 0.6 is 36.2 Å². The Labute approximate surface area is 93.0 Å². The van der Waals surface area contributed by atoms with Crippen LogP contribution in [-0.2, 0) is 0 Å². The van der Waals surface area contributed by atoms with Gasteiger partial charge in [-0.2, -0.15) is 0 Å². The molecule has 1 amide bonds. The number of anilines is 1. The average molecular weight is 244 g/mol. The summed E-state index contributed by atoms with van der Waals surface area (Å²) in [5.41, 5.74) is 5.35. The van der Waals surface area contributed by atoms with Crippen molar-refractivity contribution in [3.8, 4) is 0 Å². The SMILES string of the molecule is CN(C)c1nc(C(N)=O)cs1.Cl.Cl. The molecular formula is C6H11Cl2N3OS. The van der Waals surface area contributed by atoms with E-state index in [0.717, 1.165) is 5.13 Å². The topological polar surface area (TPSA) is 59.2 Å². The lowest BCUT2D eigenvalue weighted by molar-refractivity contribution is 0.0996. The fourth-order valence-electron chi connectivity index (χ4n) is 0.583. The lowest BCUT2D eigenvalue weighted by atomic mass is 10.5. The predicted octanol–water partition coefficient (Wildman–Crippen LogP) is 1.15. The number of carbonyl (C=O) groups excluding carboxylic acids is 1. The van der Waals surface area contributed by atoms with Gasteiger partial charge >= 0.3 is 0 Å². The van der Waals surface area contributed by atoms with Gasteiger partial charge in [-0.25, -0.2) is 4.98 Å². The molecule has 0 unspecified atom stereocenters. The van der Waals surface area contributed by atoms with E-state index >= 15 is 0 Å². The van der Waals surface area contributed by atoms with Crippen molar-refractivity contribution in [3.05, 3.63) is 11.1 Å². The van der Waals surface area contributed by atoms with E-state index in [9.17, 15) is 4.79 Å². The van der Waals surface area contributed by atoms with Crippen molar-refractivity contribution >= 4 is 47.2 Å². The molecule has 0 aromatic carbocycles. The van der Waals surface area contributed by atoms with E-state index in [1.165, 1.54) is 11.3 Å². The first-order valence-electron chi connectivity index (χ1n) is 3.04. The second-order valence-corrected chi connectivity index (χ2v) is 3.11. The van der Waals surface area contributed by atoms with Crippen LogP contribution in [0.3, 0.4) is 0 Å². The summed E-state index contributed by atoms with van der Waals surface area (Å²) in [5.74, 6) is -0.477. The molecule has 0 aliphatic rings. The Hall–Kier alpha value is -0.520. The maximum absolute atomic E-state index is 10.6. The summed E-state index contributed by atoms with van der Waals surface area (Å²) >= 11 is 1.40. The van der Waals surface area contributed by atoms with E-state index in [1.54, 1.807) is 5.38 Å². The molecule has 0 aliphatic heterocycles. The zero-order valence-corrected chi connectivity index (χ0v) is 9.63. The zero-order chi connectivity index (χ0) is 8.43. The molecular weight excluding hydrogens is 233 g/mol. The Kier molecular flexibility index (Phi) is 6.93. The van der Waals surface area contributed by atoms with E-state index in [-0.39, 0.29) is 24.8 Å². The second kappa shape index (κ2) is 6.01. The number of carbonyl (C=O) groups is 1. The molecule has 0 spiro atoms. The Morgan fingerprint density at radius 2 is 2.08 bits per heavy atom. The summed E-state index contributed by atoms with van der Waals surface area (Å²) in [4.78, 5) is 16.4. The number of rotatable bonds is 2. The standard InChI is InChI=1S/C6H9N3OS.2ClH/c1-9(2)6-8-4(3-11-6)5(7)10;;/h3H,1-2H3,(H2,7,10);2*1H. The Morgan fingerprint density at radius 3 is 2.31 bits per heavy atom. The largest absolute Gasteiger partial charge is 0.364 e. The minimum atomic E-state index is -0.477. The number of amides is 1. The first-order chi connectivity index (χ1) is 5.11. The van der Waals surface area contributed by atoms with Crippen LogP contribution in [0.1, 0.15) is 10.5 Å². The van der Waals surface area contributed by atoms with E-state index < -0.39 is 5.91 Å². The van der Waals surface area contributed by atoms with Gasteiger partial charge in [0.05, 0.1) is 0 Å². The average Bonchev–Trinajstić information content (AvgIpc) is 2.33. The first kappa shape index (κ1) is 15.0. The third-order valence-electron chi connectivity index (χ3n) is 1.13. The fourth-order valence-corrected chi connectivity index (χ4v) is 1.33. The molecule has 2 N–H and O–H groups in total. The van der Waals surface area contributed by atoms with Crippen LogP contribution in [0.4, 0.5) is 5.13 Å². The van der Waals surface area contributed by atoms with Crippen LogP contribution in [0.15, 0.2) is 5.38 Å². The summed E-state index contributed by atoms with van der Waals surface area (Å²) in [7, 11) is 3.73. The normalized spacial score (nSPS) is 8.15. The minimum absolute atomic E-state index is 0. The number of nitrogens with zero attached hydrogens (tertiary/aromatic N) is 2. The number of aromatic nitrogens is 1. The lowest BCUT2D eigenvalue weighted by Crippen LogP contribution is -2.13. The van der Waals surface area contributed by atoms with Crippen LogP contribution < -0.4 is 10.6 Å². The van der Waals surface area contributed by atoms with Crippen molar-refractivity contribution in [2.24, 2.45) is 5.73 Å². The molecule has 0 atom stereocenters. The monoisotopic (exact) mass is 243 g/mol. The molecule has 0 fully saturated rings. The summed E-state index contributed by atoms with van der Waals surface area (Å²) in [6.07, 6.45) is 0. The third-order valence-corrected chi connectivity index (χ3v) is 2.14. The maximum atomic E-state index is 10.6. The van der Waals surface area contributed by atoms with Gasteiger partial charge in [0, 0.05) is 19.5 Å². The number of nitrogens with two attached hydrogens (primary N) is 1. The predicted molar refractivity (Wildman–Crippen MR) is 59.5 cm³/mol. The smallest absolute Gasteiger partial charge is 0.268 e. The van der Waals surface area contributed by atoms with Gasteiger partial charge in [0.15, 0.2) is 5.13 Å². The molecule has 1 aromatic rings. The number of halogens is 2. The number of primary amides is 1. The number of thiazole rings is 1. The third kappa shape index (κ3) is 3.80. The molecule has 76 valence electrons. The molecule has 1 aromatic heterocycles. The van der Waals surface area contributed by atoms with Gasteiger partial charge in [-0.15, -0.1) is 36.2 Å². The van der Waals surface area contributed by atoms with Gasteiger partial charge in [-0.05, 0) is 0 Å². The van der Waals surface area contributed by atoms with E-state index in [4.69, 9.17) is 5.73 Å². The highest BCUT2D eigenvalue weighted by atomic mass is 35.5. The summed E-state index contributed by atoms with van der Waals surface area (Å²) in [6.45, 7) is 0. The summed E-state index contributed by atoms with van der Waals surface area (Å²) in [6, 6.07) is 0. The van der Waals surface area contributed by atoms with Crippen LogP contribution in [0.5, 0.6) is 0 Å². The van der Waals surface area contributed by atoms with Gasteiger partial charge in [0.25, 0.3) is 5.91 Å². The molecule has 0 bridgehead atoms. The zero-order valence-electron chi connectivity index (χ0n) is 7.18. The molecule has 1 rings (SSSR count). The van der Waals surface area contributed by atoms with Crippen molar-refractivity contribution in [1.29, 1.82) is 0 Å². The van der Waals surface area contributed by atoms with Crippen molar-refractivity contribution < 1.29 is 4.79 Å². The molecule has 0 radical (unpaired) electrons. The van der Waals surface area contributed by atoms with E-state index in [2.05, 4.69) is 4.98 Å². The summed E-state index contributed by atoms with van der Waals surface area (Å²) < 4.78 is 0. The molecule has 1 heterocycles. The van der Waals surface area contributed by atoms with Crippen molar-refractivity contribution in [1.82, 2.24) is 4.98 Å². The van der Waals surface area contributed by atoms with Crippen LogP contribution in [0.25, 0.3) is 0 Å². The van der Waals surface area contributed by atoms with Gasteiger partial charge in [0.1, 0.15) is 5.69 Å². The highest BCUT2D eigenvalue weighted by molar-refractivity contribution is 7.13. The van der Waals surface area contributed by atoms with Crippen molar-refractivity contribution in [2.75, 3.05) is 19.0 Å². The first-order valence-corrected chi connectivity index (χ1v) is 3.92. The highest BCUT2D eigenvalue weighted by Gasteiger charge is 2.06. The van der Waals surface area contributed by atoms with Gasteiger partial charge in [-0.1, -0.05) is 0 Å². The van der Waals surface area contributed by atoms with E-state index in [1.807, 2.05) is 19.0 Å². The van der Waals surface area contributed by atoms with Crippen molar-refractivity contribution in [3.63, 3.8) is 0 Å². The molecule has 4 nitrogen and oxygen atoms in total. The molecule has 0 saturated carbocycles. The van der Waals surface area contributed by atoms with Crippen LogP contribution in [0.2, 0.25) is 0 Å². The minimum Gasteiger partial charge on any atom is -0.364 e. The van der Waals surface area contributed by atoms with Crippen LogP contribution in [-0.4, -0.2) is 25.0 Å². The quantitative estimate of drug-likeness (QED) is 0.848. The fraction of sp³-hybridized carbons (Fsp3) is 0.333. The van der Waals surface area contributed by atoms with E-state index in [0.29, 0.717) is 5.69 Å². The van der Waals surface area contributed by atoms with Gasteiger partial charge < -0.3 is 10.6 Å². The highest BCUT2D eigenvalue weighted by Crippen LogP contribution is 2.16.